The van der Waals surface area contributed by atoms with Crippen molar-refractivity contribution in [3.05, 3.63) is 60.1 Å². The van der Waals surface area contributed by atoms with Crippen LogP contribution in [0.4, 0.5) is 0 Å². The highest BCUT2D eigenvalue weighted by Gasteiger charge is 2.23. The molecule has 1 aliphatic rings. The fourth-order valence-corrected chi connectivity index (χ4v) is 3.36. The number of nitrogens with zero attached hydrogens (tertiary/aromatic N) is 2. The van der Waals surface area contributed by atoms with Gasteiger partial charge >= 0.3 is 0 Å². The first-order valence-electron chi connectivity index (χ1n) is 9.12. The summed E-state index contributed by atoms with van der Waals surface area (Å²) < 4.78 is 5.37. The van der Waals surface area contributed by atoms with Crippen LogP contribution in [-0.2, 0) is 6.42 Å². The van der Waals surface area contributed by atoms with E-state index in [1.54, 1.807) is 6.26 Å². The molecule has 0 radical (unpaired) electrons. The van der Waals surface area contributed by atoms with Crippen molar-refractivity contribution in [2.45, 2.75) is 25.3 Å². The Morgan fingerprint density at radius 2 is 1.88 bits per heavy atom. The Labute approximate surface area is 173 Å². The summed E-state index contributed by atoms with van der Waals surface area (Å²) in [6, 6.07) is 15.1. The van der Waals surface area contributed by atoms with E-state index in [-0.39, 0.29) is 24.0 Å². The van der Waals surface area contributed by atoms with Gasteiger partial charge in [-0.1, -0.05) is 30.3 Å². The third kappa shape index (κ3) is 6.02. The molecule has 0 saturated carbocycles. The molecule has 142 valence electrons. The SMILES string of the molecule is CN=C(NCCc1ccco1)NCC(c1ccccc1)N1CCCC1.I. The lowest BCUT2D eigenvalue weighted by Crippen LogP contribution is -2.43. The van der Waals surface area contributed by atoms with Crippen molar-refractivity contribution in [2.75, 3.05) is 33.2 Å². The molecule has 2 aromatic rings. The maximum absolute atomic E-state index is 5.37. The summed E-state index contributed by atoms with van der Waals surface area (Å²) in [5.41, 5.74) is 1.36. The average molecular weight is 468 g/mol. The normalized spacial score (nSPS) is 16.1. The summed E-state index contributed by atoms with van der Waals surface area (Å²) in [7, 11) is 1.82. The first-order chi connectivity index (χ1) is 12.4. The van der Waals surface area contributed by atoms with Gasteiger partial charge in [-0.2, -0.15) is 0 Å². The van der Waals surface area contributed by atoms with Crippen molar-refractivity contribution < 1.29 is 4.42 Å². The van der Waals surface area contributed by atoms with Gasteiger partial charge in [-0.15, -0.1) is 24.0 Å². The Kier molecular flexibility index (Phi) is 8.97. The minimum Gasteiger partial charge on any atom is -0.469 e. The second-order valence-corrected chi connectivity index (χ2v) is 6.38. The highest BCUT2D eigenvalue weighted by Crippen LogP contribution is 2.24. The van der Waals surface area contributed by atoms with Crippen LogP contribution in [-0.4, -0.2) is 44.1 Å². The zero-order valence-electron chi connectivity index (χ0n) is 15.4. The summed E-state index contributed by atoms with van der Waals surface area (Å²) in [5, 5.41) is 6.86. The Balaban J connectivity index is 0.00000243. The monoisotopic (exact) mass is 468 g/mol. The van der Waals surface area contributed by atoms with Gasteiger partial charge in [0.25, 0.3) is 0 Å². The summed E-state index contributed by atoms with van der Waals surface area (Å²) in [6.45, 7) is 3.99. The smallest absolute Gasteiger partial charge is 0.191 e. The molecule has 1 aromatic heterocycles. The van der Waals surface area contributed by atoms with E-state index in [4.69, 9.17) is 4.42 Å². The molecule has 1 saturated heterocycles. The molecule has 1 aromatic carbocycles. The van der Waals surface area contributed by atoms with Crippen LogP contribution in [0.3, 0.4) is 0 Å². The summed E-state index contributed by atoms with van der Waals surface area (Å²) >= 11 is 0. The number of nitrogens with one attached hydrogen (secondary N) is 2. The topological polar surface area (TPSA) is 52.8 Å². The van der Waals surface area contributed by atoms with Crippen LogP contribution in [0.25, 0.3) is 0 Å². The molecule has 0 aliphatic carbocycles. The van der Waals surface area contributed by atoms with Gasteiger partial charge in [0, 0.05) is 26.6 Å². The number of benzene rings is 1. The number of hydrogen-bond acceptors (Lipinski definition) is 3. The van der Waals surface area contributed by atoms with Crippen LogP contribution >= 0.6 is 24.0 Å². The molecule has 1 fully saturated rings. The highest BCUT2D eigenvalue weighted by molar-refractivity contribution is 14.0. The molecule has 6 heteroatoms. The van der Waals surface area contributed by atoms with Crippen molar-refractivity contribution >= 4 is 29.9 Å². The maximum atomic E-state index is 5.37. The van der Waals surface area contributed by atoms with Gasteiger partial charge in [-0.3, -0.25) is 9.89 Å². The van der Waals surface area contributed by atoms with Gasteiger partial charge in [-0.25, -0.2) is 0 Å². The van der Waals surface area contributed by atoms with E-state index in [0.717, 1.165) is 31.2 Å². The maximum Gasteiger partial charge on any atom is 0.191 e. The molecule has 1 unspecified atom stereocenters. The zero-order chi connectivity index (χ0) is 17.3. The molecular weight excluding hydrogens is 439 g/mol. The van der Waals surface area contributed by atoms with E-state index in [1.165, 1.54) is 31.5 Å². The minimum absolute atomic E-state index is 0. The van der Waals surface area contributed by atoms with Gasteiger partial charge in [0.05, 0.1) is 12.3 Å². The molecule has 2 heterocycles. The Hall–Kier alpha value is -1.54. The van der Waals surface area contributed by atoms with Crippen molar-refractivity contribution in [3.63, 3.8) is 0 Å². The lowest BCUT2D eigenvalue weighted by molar-refractivity contribution is 0.245. The molecule has 3 rings (SSSR count). The number of aliphatic imine (C=N–C) groups is 1. The van der Waals surface area contributed by atoms with E-state index < -0.39 is 0 Å². The fraction of sp³-hybridized carbons (Fsp3) is 0.450. The quantitative estimate of drug-likeness (QED) is 0.372. The second-order valence-electron chi connectivity index (χ2n) is 6.38. The predicted molar refractivity (Wildman–Crippen MR) is 117 cm³/mol. The average Bonchev–Trinajstić information content (AvgIpc) is 3.35. The van der Waals surface area contributed by atoms with E-state index in [1.807, 2.05) is 19.2 Å². The highest BCUT2D eigenvalue weighted by atomic mass is 127. The second kappa shape index (κ2) is 11.2. The van der Waals surface area contributed by atoms with Gasteiger partial charge < -0.3 is 15.1 Å². The van der Waals surface area contributed by atoms with E-state index in [9.17, 15) is 0 Å². The molecule has 1 atom stereocenters. The van der Waals surface area contributed by atoms with E-state index in [2.05, 4.69) is 50.9 Å². The minimum atomic E-state index is 0. The largest absolute Gasteiger partial charge is 0.469 e. The van der Waals surface area contributed by atoms with Crippen molar-refractivity contribution in [1.29, 1.82) is 0 Å². The summed E-state index contributed by atoms with van der Waals surface area (Å²) in [6.07, 6.45) is 5.14. The van der Waals surface area contributed by atoms with Gasteiger partial charge in [0.15, 0.2) is 5.96 Å². The number of likely N-dealkylation sites (tertiary alicyclic amines) is 1. The number of rotatable bonds is 7. The Bertz CT molecular complexity index is 639. The van der Waals surface area contributed by atoms with E-state index >= 15 is 0 Å². The van der Waals surface area contributed by atoms with Crippen LogP contribution in [0.15, 0.2) is 58.1 Å². The van der Waals surface area contributed by atoms with Crippen LogP contribution in [0, 0.1) is 0 Å². The fourth-order valence-electron chi connectivity index (χ4n) is 3.36. The Morgan fingerprint density at radius 3 is 2.54 bits per heavy atom. The Morgan fingerprint density at radius 1 is 1.12 bits per heavy atom. The van der Waals surface area contributed by atoms with Crippen molar-refractivity contribution in [3.8, 4) is 0 Å². The molecule has 1 aliphatic heterocycles. The standard InChI is InChI=1S/C20H28N4O.HI/c1-21-20(22-12-11-18-10-7-15-25-18)23-16-19(24-13-5-6-14-24)17-8-3-2-4-9-17;/h2-4,7-10,15,19H,5-6,11-14,16H2,1H3,(H2,21,22,23);1H. The molecule has 26 heavy (non-hydrogen) atoms. The first-order valence-corrected chi connectivity index (χ1v) is 9.12. The summed E-state index contributed by atoms with van der Waals surface area (Å²) in [4.78, 5) is 6.91. The van der Waals surface area contributed by atoms with Crippen LogP contribution in [0.5, 0.6) is 0 Å². The third-order valence-electron chi connectivity index (χ3n) is 4.70. The molecular formula is C20H29IN4O. The van der Waals surface area contributed by atoms with Crippen molar-refractivity contribution in [2.24, 2.45) is 4.99 Å². The molecule has 2 N–H and O–H groups in total. The van der Waals surface area contributed by atoms with Crippen LogP contribution in [0.2, 0.25) is 0 Å². The number of halogens is 1. The van der Waals surface area contributed by atoms with Crippen molar-refractivity contribution in [1.82, 2.24) is 15.5 Å². The summed E-state index contributed by atoms with van der Waals surface area (Å²) in [5.74, 6) is 1.83. The zero-order valence-corrected chi connectivity index (χ0v) is 17.7. The first kappa shape index (κ1) is 20.8. The van der Waals surface area contributed by atoms with Gasteiger partial charge in [0.1, 0.15) is 5.76 Å². The predicted octanol–water partition coefficient (Wildman–Crippen LogP) is 3.44. The lowest BCUT2D eigenvalue weighted by atomic mass is 10.1. The van der Waals surface area contributed by atoms with Crippen LogP contribution < -0.4 is 10.6 Å². The number of guanidine groups is 1. The molecule has 0 spiro atoms. The lowest BCUT2D eigenvalue weighted by Gasteiger charge is -2.29. The van der Waals surface area contributed by atoms with E-state index in [0.29, 0.717) is 6.04 Å². The third-order valence-corrected chi connectivity index (χ3v) is 4.70. The molecule has 5 nitrogen and oxygen atoms in total. The number of furan rings is 1. The van der Waals surface area contributed by atoms with Gasteiger partial charge in [-0.05, 0) is 43.6 Å². The molecule has 0 amide bonds. The molecule has 0 bridgehead atoms. The van der Waals surface area contributed by atoms with Gasteiger partial charge in [0.2, 0.25) is 0 Å². The number of hydrogen-bond donors (Lipinski definition) is 2. The van der Waals surface area contributed by atoms with Crippen LogP contribution in [0.1, 0.15) is 30.2 Å².